The van der Waals surface area contributed by atoms with Gasteiger partial charge in [-0.15, -0.1) is 0 Å². The lowest BCUT2D eigenvalue weighted by molar-refractivity contribution is 0.0526. The second-order valence-electron chi connectivity index (χ2n) is 9.69. The van der Waals surface area contributed by atoms with E-state index >= 15 is 0 Å². The lowest BCUT2D eigenvalue weighted by atomic mass is 10.1. The van der Waals surface area contributed by atoms with Crippen LogP contribution in [0.5, 0.6) is 0 Å². The van der Waals surface area contributed by atoms with Gasteiger partial charge in [-0.05, 0) is 61.9 Å². The van der Waals surface area contributed by atoms with Gasteiger partial charge in [-0.1, -0.05) is 54.1 Å². The number of benzene rings is 3. The van der Waals surface area contributed by atoms with Crippen molar-refractivity contribution in [2.24, 2.45) is 0 Å². The SMILES string of the molecule is CCOC(=O)c1ccc(NC(=O)N2CCN(C(=O)c3cc(-c4ccccc4)n(-c4ccccc4Cl)c3C)CC2)cc1. The third-order valence-corrected chi connectivity index (χ3v) is 7.46. The van der Waals surface area contributed by atoms with Crippen LogP contribution in [0.25, 0.3) is 16.9 Å². The zero-order valence-electron chi connectivity index (χ0n) is 23.0. The molecule has 8 nitrogen and oxygen atoms in total. The molecular weight excluding hydrogens is 540 g/mol. The molecule has 0 bridgehead atoms. The van der Waals surface area contributed by atoms with Gasteiger partial charge in [0.2, 0.25) is 0 Å². The van der Waals surface area contributed by atoms with Gasteiger partial charge in [-0.25, -0.2) is 9.59 Å². The fourth-order valence-electron chi connectivity index (χ4n) is 4.98. The first-order chi connectivity index (χ1) is 19.9. The summed E-state index contributed by atoms with van der Waals surface area (Å²) in [5.74, 6) is -0.486. The number of hydrogen-bond acceptors (Lipinski definition) is 4. The highest BCUT2D eigenvalue weighted by molar-refractivity contribution is 6.32. The number of amides is 3. The number of hydrogen-bond donors (Lipinski definition) is 1. The third-order valence-electron chi connectivity index (χ3n) is 7.14. The number of rotatable bonds is 6. The summed E-state index contributed by atoms with van der Waals surface area (Å²) in [5.41, 5.74) is 5.06. The van der Waals surface area contributed by atoms with Crippen LogP contribution in [-0.4, -0.2) is 65.1 Å². The molecule has 0 spiro atoms. The van der Waals surface area contributed by atoms with Crippen molar-refractivity contribution >= 4 is 35.2 Å². The minimum atomic E-state index is -0.403. The smallest absolute Gasteiger partial charge is 0.338 e. The molecule has 3 amide bonds. The van der Waals surface area contributed by atoms with Crippen LogP contribution in [0.2, 0.25) is 5.02 Å². The molecule has 4 aromatic rings. The summed E-state index contributed by atoms with van der Waals surface area (Å²) >= 11 is 6.59. The molecule has 0 unspecified atom stereocenters. The van der Waals surface area contributed by atoms with E-state index in [0.717, 1.165) is 22.6 Å². The van der Waals surface area contributed by atoms with Crippen molar-refractivity contribution in [3.63, 3.8) is 0 Å². The number of esters is 1. The molecule has 5 rings (SSSR count). The van der Waals surface area contributed by atoms with Gasteiger partial charge in [0.15, 0.2) is 0 Å². The average molecular weight is 571 g/mol. The van der Waals surface area contributed by atoms with E-state index in [1.807, 2.05) is 72.2 Å². The Hall–Kier alpha value is -4.56. The van der Waals surface area contributed by atoms with Crippen molar-refractivity contribution in [1.82, 2.24) is 14.4 Å². The molecule has 1 aliphatic heterocycles. The summed E-state index contributed by atoms with van der Waals surface area (Å²) in [7, 11) is 0. The van der Waals surface area contributed by atoms with Crippen molar-refractivity contribution in [2.45, 2.75) is 13.8 Å². The summed E-state index contributed by atoms with van der Waals surface area (Å²) in [6.45, 7) is 5.59. The lowest BCUT2D eigenvalue weighted by Gasteiger charge is -2.34. The number of carbonyl (C=O) groups is 3. The zero-order valence-corrected chi connectivity index (χ0v) is 23.7. The van der Waals surface area contributed by atoms with E-state index in [1.54, 1.807) is 41.0 Å². The molecule has 1 saturated heterocycles. The molecule has 41 heavy (non-hydrogen) atoms. The number of aromatic nitrogens is 1. The van der Waals surface area contributed by atoms with Gasteiger partial charge >= 0.3 is 12.0 Å². The molecule has 1 fully saturated rings. The predicted molar refractivity (Wildman–Crippen MR) is 160 cm³/mol. The summed E-state index contributed by atoms with van der Waals surface area (Å²) in [5, 5.41) is 3.46. The maximum atomic E-state index is 13.8. The van der Waals surface area contributed by atoms with Gasteiger partial charge in [0.25, 0.3) is 5.91 Å². The number of piperazine rings is 1. The van der Waals surface area contributed by atoms with Crippen molar-refractivity contribution in [2.75, 3.05) is 38.1 Å². The second kappa shape index (κ2) is 12.3. The molecule has 0 radical (unpaired) electrons. The molecule has 2 heterocycles. The first-order valence-corrected chi connectivity index (χ1v) is 13.9. The Bertz CT molecular complexity index is 1560. The number of carbonyl (C=O) groups excluding carboxylic acids is 3. The standard InChI is InChI=1S/C32H31ClN4O4/c1-3-41-31(39)24-13-15-25(16-14-24)34-32(40)36-19-17-35(18-20-36)30(38)26-21-29(23-9-5-4-6-10-23)37(22(26)2)28-12-8-7-11-27(28)33/h4-16,21H,3,17-20H2,1-2H3,(H,34,40). The normalized spacial score (nSPS) is 13.1. The lowest BCUT2D eigenvalue weighted by Crippen LogP contribution is -2.51. The van der Waals surface area contributed by atoms with E-state index < -0.39 is 5.97 Å². The Morgan fingerprint density at radius 2 is 1.49 bits per heavy atom. The summed E-state index contributed by atoms with van der Waals surface area (Å²) in [6.07, 6.45) is 0. The Morgan fingerprint density at radius 1 is 0.854 bits per heavy atom. The van der Waals surface area contributed by atoms with Gasteiger partial charge in [0, 0.05) is 37.6 Å². The van der Waals surface area contributed by atoms with E-state index in [0.29, 0.717) is 54.6 Å². The van der Waals surface area contributed by atoms with Crippen molar-refractivity contribution in [3.05, 3.63) is 107 Å². The van der Waals surface area contributed by atoms with Crippen LogP contribution >= 0.6 is 11.6 Å². The van der Waals surface area contributed by atoms with E-state index in [-0.39, 0.29) is 11.9 Å². The Labute approximate surface area is 244 Å². The van der Waals surface area contributed by atoms with Gasteiger partial charge < -0.3 is 24.4 Å². The van der Waals surface area contributed by atoms with E-state index in [4.69, 9.17) is 16.3 Å². The third kappa shape index (κ3) is 5.98. The number of ether oxygens (including phenoxy) is 1. The van der Waals surface area contributed by atoms with E-state index in [2.05, 4.69) is 5.32 Å². The maximum absolute atomic E-state index is 13.8. The number of para-hydroxylation sites is 1. The summed E-state index contributed by atoms with van der Waals surface area (Å²) < 4.78 is 7.03. The molecule has 210 valence electrons. The first-order valence-electron chi connectivity index (χ1n) is 13.5. The zero-order chi connectivity index (χ0) is 28.9. The van der Waals surface area contributed by atoms with Gasteiger partial charge in [-0.2, -0.15) is 0 Å². The molecular formula is C32H31ClN4O4. The fraction of sp³-hybridized carbons (Fsp3) is 0.219. The highest BCUT2D eigenvalue weighted by Crippen LogP contribution is 2.33. The monoisotopic (exact) mass is 570 g/mol. The Balaban J connectivity index is 1.29. The van der Waals surface area contributed by atoms with Crippen LogP contribution in [-0.2, 0) is 4.74 Å². The molecule has 0 atom stereocenters. The van der Waals surface area contributed by atoms with Crippen molar-refractivity contribution in [1.29, 1.82) is 0 Å². The van der Waals surface area contributed by atoms with E-state index in [9.17, 15) is 14.4 Å². The molecule has 9 heteroatoms. The predicted octanol–water partition coefficient (Wildman–Crippen LogP) is 6.27. The average Bonchev–Trinajstić information content (AvgIpc) is 3.34. The quantitative estimate of drug-likeness (QED) is 0.277. The Morgan fingerprint density at radius 3 is 2.15 bits per heavy atom. The number of nitrogens with zero attached hydrogens (tertiary/aromatic N) is 3. The second-order valence-corrected chi connectivity index (χ2v) is 10.1. The highest BCUT2D eigenvalue weighted by atomic mass is 35.5. The number of halogens is 1. The number of anilines is 1. The van der Waals surface area contributed by atoms with Gasteiger partial charge in [0.1, 0.15) is 0 Å². The van der Waals surface area contributed by atoms with Crippen molar-refractivity contribution < 1.29 is 19.1 Å². The van der Waals surface area contributed by atoms with Crippen LogP contribution in [0.1, 0.15) is 33.3 Å². The minimum Gasteiger partial charge on any atom is -0.462 e. The summed E-state index contributed by atoms with van der Waals surface area (Å²) in [6, 6.07) is 25.7. The summed E-state index contributed by atoms with van der Waals surface area (Å²) in [4.78, 5) is 42.0. The maximum Gasteiger partial charge on any atom is 0.338 e. The van der Waals surface area contributed by atoms with E-state index in [1.165, 1.54) is 0 Å². The number of nitrogens with one attached hydrogen (secondary N) is 1. The topological polar surface area (TPSA) is 83.9 Å². The van der Waals surface area contributed by atoms with Gasteiger partial charge in [0.05, 0.1) is 34.1 Å². The van der Waals surface area contributed by atoms with Crippen LogP contribution in [0, 0.1) is 6.92 Å². The molecule has 0 saturated carbocycles. The fourth-order valence-corrected chi connectivity index (χ4v) is 5.20. The molecule has 0 aliphatic carbocycles. The molecule has 1 aliphatic rings. The van der Waals surface area contributed by atoms with Crippen molar-refractivity contribution in [3.8, 4) is 16.9 Å². The molecule has 1 N–H and O–H groups in total. The highest BCUT2D eigenvalue weighted by Gasteiger charge is 2.28. The Kier molecular flexibility index (Phi) is 8.40. The van der Waals surface area contributed by atoms with Crippen LogP contribution in [0.4, 0.5) is 10.5 Å². The molecule has 1 aromatic heterocycles. The number of urea groups is 1. The minimum absolute atomic E-state index is 0.0832. The largest absolute Gasteiger partial charge is 0.462 e. The molecule has 3 aromatic carbocycles. The van der Waals surface area contributed by atoms with Crippen LogP contribution in [0.15, 0.2) is 84.9 Å². The first kappa shape index (κ1) is 28.0. The van der Waals surface area contributed by atoms with Crippen LogP contribution < -0.4 is 5.32 Å². The van der Waals surface area contributed by atoms with Crippen LogP contribution in [0.3, 0.4) is 0 Å². The van der Waals surface area contributed by atoms with Gasteiger partial charge in [-0.3, -0.25) is 4.79 Å².